The van der Waals surface area contributed by atoms with E-state index >= 15 is 0 Å². The average Bonchev–Trinajstić information content (AvgIpc) is 2.48. The van der Waals surface area contributed by atoms with Crippen molar-refractivity contribution < 1.29 is 14.9 Å². The van der Waals surface area contributed by atoms with E-state index in [1.807, 2.05) is 0 Å². The van der Waals surface area contributed by atoms with Crippen molar-refractivity contribution in [2.24, 2.45) is 11.7 Å². The standard InChI is InChI=1S/C15H30N2O3/c16-13(10-12-4-2-1-3-5-12)15(19)14(18)11-17-6-8-20-9-7-17/h12-15,18-19H,1-11,16H2/t13-,14?,15?/m0/s1. The summed E-state index contributed by atoms with van der Waals surface area (Å²) in [5, 5.41) is 20.4. The number of aliphatic hydroxyl groups excluding tert-OH is 2. The second-order valence-corrected chi connectivity index (χ2v) is 6.37. The Hall–Kier alpha value is -0.200. The van der Waals surface area contributed by atoms with Gasteiger partial charge in [-0.1, -0.05) is 32.1 Å². The Balaban J connectivity index is 1.71. The van der Waals surface area contributed by atoms with E-state index in [1.165, 1.54) is 32.1 Å². The fraction of sp³-hybridized carbons (Fsp3) is 1.00. The minimum atomic E-state index is -0.820. The predicted octanol–water partition coefficient (Wildman–Crippen LogP) is 0.338. The third kappa shape index (κ3) is 4.97. The highest BCUT2D eigenvalue weighted by Gasteiger charge is 2.28. The summed E-state index contributed by atoms with van der Waals surface area (Å²) in [6.45, 7) is 3.54. The first-order valence-electron chi connectivity index (χ1n) is 8.08. The molecule has 0 aromatic rings. The summed E-state index contributed by atoms with van der Waals surface area (Å²) in [5.74, 6) is 0.629. The smallest absolute Gasteiger partial charge is 0.0962 e. The summed E-state index contributed by atoms with van der Waals surface area (Å²) in [6.07, 6.45) is 5.59. The minimum absolute atomic E-state index is 0.311. The van der Waals surface area contributed by atoms with Crippen molar-refractivity contribution in [2.45, 2.75) is 56.8 Å². The summed E-state index contributed by atoms with van der Waals surface area (Å²) in [6, 6.07) is -0.311. The van der Waals surface area contributed by atoms with Crippen molar-refractivity contribution >= 4 is 0 Å². The van der Waals surface area contributed by atoms with Crippen LogP contribution in [-0.4, -0.2) is 66.2 Å². The lowest BCUT2D eigenvalue weighted by molar-refractivity contribution is -0.0390. The van der Waals surface area contributed by atoms with E-state index in [0.717, 1.165) is 19.5 Å². The van der Waals surface area contributed by atoms with Crippen molar-refractivity contribution in [2.75, 3.05) is 32.8 Å². The number of nitrogens with two attached hydrogens (primary N) is 1. The molecule has 1 aliphatic heterocycles. The first kappa shape index (κ1) is 16.2. The van der Waals surface area contributed by atoms with Gasteiger partial charge in [0.05, 0.1) is 25.4 Å². The fourth-order valence-electron chi connectivity index (χ4n) is 3.39. The molecule has 0 spiro atoms. The van der Waals surface area contributed by atoms with Crippen molar-refractivity contribution in [3.63, 3.8) is 0 Å². The van der Waals surface area contributed by atoms with Gasteiger partial charge in [-0.25, -0.2) is 0 Å². The maximum atomic E-state index is 10.2. The highest BCUT2D eigenvalue weighted by atomic mass is 16.5. The van der Waals surface area contributed by atoms with Gasteiger partial charge in [-0.2, -0.15) is 0 Å². The van der Waals surface area contributed by atoms with Crippen LogP contribution in [0.3, 0.4) is 0 Å². The maximum absolute atomic E-state index is 10.2. The zero-order valence-corrected chi connectivity index (χ0v) is 12.4. The van der Waals surface area contributed by atoms with Gasteiger partial charge in [0.2, 0.25) is 0 Å². The van der Waals surface area contributed by atoms with Crippen LogP contribution in [-0.2, 0) is 4.74 Å². The van der Waals surface area contributed by atoms with Crippen molar-refractivity contribution in [3.05, 3.63) is 0 Å². The zero-order valence-electron chi connectivity index (χ0n) is 12.4. The van der Waals surface area contributed by atoms with Crippen molar-refractivity contribution in [3.8, 4) is 0 Å². The third-order valence-corrected chi connectivity index (χ3v) is 4.71. The summed E-state index contributed by atoms with van der Waals surface area (Å²) < 4.78 is 5.28. The Labute approximate surface area is 122 Å². The van der Waals surface area contributed by atoms with E-state index in [9.17, 15) is 10.2 Å². The molecule has 1 heterocycles. The lowest BCUT2D eigenvalue weighted by Crippen LogP contribution is -2.50. The molecule has 1 saturated heterocycles. The Morgan fingerprint density at radius 3 is 2.40 bits per heavy atom. The van der Waals surface area contributed by atoms with Gasteiger partial charge in [0.15, 0.2) is 0 Å². The van der Waals surface area contributed by atoms with Gasteiger partial charge < -0.3 is 20.7 Å². The van der Waals surface area contributed by atoms with E-state index in [0.29, 0.717) is 25.7 Å². The quantitative estimate of drug-likeness (QED) is 0.656. The number of aliphatic hydroxyl groups is 2. The molecule has 2 aliphatic rings. The number of hydrogen-bond acceptors (Lipinski definition) is 5. The lowest BCUT2D eigenvalue weighted by Gasteiger charge is -2.33. The van der Waals surface area contributed by atoms with Gasteiger partial charge >= 0.3 is 0 Å². The van der Waals surface area contributed by atoms with E-state index in [-0.39, 0.29) is 6.04 Å². The van der Waals surface area contributed by atoms with E-state index < -0.39 is 12.2 Å². The SMILES string of the molecule is N[C@@H](CC1CCCCC1)C(O)C(O)CN1CCOCC1. The zero-order chi connectivity index (χ0) is 14.4. The highest BCUT2D eigenvalue weighted by Crippen LogP contribution is 2.27. The molecule has 0 aromatic heterocycles. The van der Waals surface area contributed by atoms with E-state index in [1.54, 1.807) is 0 Å². The number of hydrogen-bond donors (Lipinski definition) is 3. The van der Waals surface area contributed by atoms with Crippen LogP contribution in [0.25, 0.3) is 0 Å². The Bertz CT molecular complexity index is 240. The first-order valence-corrected chi connectivity index (χ1v) is 8.08. The van der Waals surface area contributed by atoms with Crippen LogP contribution in [0.4, 0.5) is 0 Å². The summed E-state index contributed by atoms with van der Waals surface area (Å²) in [5.41, 5.74) is 6.10. The molecule has 0 radical (unpaired) electrons. The summed E-state index contributed by atoms with van der Waals surface area (Å²) in [4.78, 5) is 2.13. The number of nitrogens with zero attached hydrogens (tertiary/aromatic N) is 1. The van der Waals surface area contributed by atoms with Gasteiger partial charge in [-0.05, 0) is 12.3 Å². The monoisotopic (exact) mass is 286 g/mol. The summed E-state index contributed by atoms with van der Waals surface area (Å²) in [7, 11) is 0. The number of morpholine rings is 1. The minimum Gasteiger partial charge on any atom is -0.389 e. The van der Waals surface area contributed by atoms with E-state index in [2.05, 4.69) is 4.90 Å². The third-order valence-electron chi connectivity index (χ3n) is 4.71. The Morgan fingerprint density at radius 1 is 1.10 bits per heavy atom. The van der Waals surface area contributed by atoms with Gasteiger partial charge in [0.25, 0.3) is 0 Å². The van der Waals surface area contributed by atoms with Crippen molar-refractivity contribution in [1.29, 1.82) is 0 Å². The molecule has 1 aliphatic carbocycles. The van der Waals surface area contributed by atoms with Gasteiger partial charge in [-0.15, -0.1) is 0 Å². The molecule has 2 unspecified atom stereocenters. The molecule has 1 saturated carbocycles. The number of ether oxygens (including phenoxy) is 1. The van der Waals surface area contributed by atoms with Gasteiger partial charge in [0, 0.05) is 25.7 Å². The van der Waals surface area contributed by atoms with Crippen LogP contribution in [0.1, 0.15) is 38.5 Å². The molecule has 5 nitrogen and oxygen atoms in total. The van der Waals surface area contributed by atoms with E-state index in [4.69, 9.17) is 10.5 Å². The molecule has 5 heteroatoms. The van der Waals surface area contributed by atoms with Crippen LogP contribution >= 0.6 is 0 Å². The molecule has 3 atom stereocenters. The normalized spacial score (nSPS) is 27.1. The summed E-state index contributed by atoms with van der Waals surface area (Å²) >= 11 is 0. The van der Waals surface area contributed by atoms with Crippen LogP contribution in [0.5, 0.6) is 0 Å². The number of rotatable bonds is 6. The Morgan fingerprint density at radius 2 is 1.75 bits per heavy atom. The van der Waals surface area contributed by atoms with Crippen LogP contribution in [0.15, 0.2) is 0 Å². The maximum Gasteiger partial charge on any atom is 0.0962 e. The van der Waals surface area contributed by atoms with Gasteiger partial charge in [-0.3, -0.25) is 4.90 Å². The lowest BCUT2D eigenvalue weighted by atomic mass is 9.83. The largest absolute Gasteiger partial charge is 0.389 e. The molecule has 2 fully saturated rings. The predicted molar refractivity (Wildman–Crippen MR) is 78.4 cm³/mol. The molecule has 0 aromatic carbocycles. The molecular weight excluding hydrogens is 256 g/mol. The van der Waals surface area contributed by atoms with Crippen LogP contribution < -0.4 is 5.73 Å². The average molecular weight is 286 g/mol. The van der Waals surface area contributed by atoms with Gasteiger partial charge in [0.1, 0.15) is 0 Å². The first-order chi connectivity index (χ1) is 9.66. The van der Waals surface area contributed by atoms with Crippen LogP contribution in [0.2, 0.25) is 0 Å². The number of β-amino-alcohol motifs (C(OH)–C–C–N with tert-alkyl or cyclic N) is 1. The fourth-order valence-corrected chi connectivity index (χ4v) is 3.39. The molecule has 2 rings (SSSR count). The highest BCUT2D eigenvalue weighted by molar-refractivity contribution is 4.84. The second-order valence-electron chi connectivity index (χ2n) is 6.37. The molecule has 118 valence electrons. The molecule has 0 amide bonds. The van der Waals surface area contributed by atoms with Crippen molar-refractivity contribution in [1.82, 2.24) is 4.90 Å². The Kier molecular flexibility index (Phi) is 6.71. The second kappa shape index (κ2) is 8.29. The molecule has 4 N–H and O–H groups in total. The molecular formula is C15H30N2O3. The topological polar surface area (TPSA) is 79.0 Å². The van der Waals surface area contributed by atoms with Crippen LogP contribution in [0, 0.1) is 5.92 Å². The molecule has 20 heavy (non-hydrogen) atoms. The molecule has 0 bridgehead atoms.